The number of ether oxygens (including phenoxy) is 1. The first kappa shape index (κ1) is 14.3. The van der Waals surface area contributed by atoms with E-state index in [0.717, 1.165) is 6.42 Å². The third-order valence-corrected chi connectivity index (χ3v) is 4.13. The average molecular weight is 275 g/mol. The van der Waals surface area contributed by atoms with E-state index in [-0.39, 0.29) is 28.8 Å². The number of hydrogen-bond acceptors (Lipinski definition) is 5. The molecule has 1 saturated carbocycles. The van der Waals surface area contributed by atoms with Crippen LogP contribution in [0.25, 0.3) is 0 Å². The molecular formula is C14H17N3O3. The summed E-state index contributed by atoms with van der Waals surface area (Å²) in [5.41, 5.74) is 0.194. The van der Waals surface area contributed by atoms with Crippen LogP contribution in [-0.2, 0) is 4.74 Å². The van der Waals surface area contributed by atoms with Gasteiger partial charge in [-0.25, -0.2) is 0 Å². The summed E-state index contributed by atoms with van der Waals surface area (Å²) in [6, 6.07) is 6.68. The number of benzene rings is 1. The van der Waals surface area contributed by atoms with Gasteiger partial charge in [0.05, 0.1) is 11.0 Å². The zero-order valence-corrected chi connectivity index (χ0v) is 11.7. The predicted molar refractivity (Wildman–Crippen MR) is 74.4 cm³/mol. The van der Waals surface area contributed by atoms with E-state index >= 15 is 0 Å². The van der Waals surface area contributed by atoms with Gasteiger partial charge in [0.25, 0.3) is 0 Å². The Kier molecular flexibility index (Phi) is 3.64. The Labute approximate surface area is 117 Å². The molecular weight excluding hydrogens is 258 g/mol. The van der Waals surface area contributed by atoms with Crippen LogP contribution in [0.1, 0.15) is 25.8 Å². The zero-order chi connectivity index (χ0) is 14.9. The quantitative estimate of drug-likeness (QED) is 0.674. The van der Waals surface area contributed by atoms with Crippen molar-refractivity contribution >= 4 is 11.4 Å². The molecule has 2 rings (SSSR count). The number of rotatable bonds is 4. The van der Waals surface area contributed by atoms with E-state index in [1.807, 2.05) is 6.07 Å². The molecule has 0 radical (unpaired) electrons. The van der Waals surface area contributed by atoms with Crippen LogP contribution >= 0.6 is 0 Å². The fraction of sp³-hybridized carbons (Fsp3) is 0.500. The van der Waals surface area contributed by atoms with Gasteiger partial charge < -0.3 is 10.1 Å². The number of nitrogens with one attached hydrogen (secondary N) is 1. The predicted octanol–water partition coefficient (Wildman–Crippen LogP) is 2.69. The van der Waals surface area contributed by atoms with Gasteiger partial charge in [0.1, 0.15) is 17.3 Å². The van der Waals surface area contributed by atoms with E-state index in [1.54, 1.807) is 19.2 Å². The number of para-hydroxylation sites is 1. The van der Waals surface area contributed by atoms with Crippen LogP contribution in [0, 0.1) is 26.9 Å². The molecule has 20 heavy (non-hydrogen) atoms. The van der Waals surface area contributed by atoms with Crippen molar-refractivity contribution in [1.29, 1.82) is 5.26 Å². The van der Waals surface area contributed by atoms with Crippen molar-refractivity contribution in [3.63, 3.8) is 0 Å². The highest BCUT2D eigenvalue weighted by atomic mass is 16.6. The van der Waals surface area contributed by atoms with E-state index in [0.29, 0.717) is 5.69 Å². The summed E-state index contributed by atoms with van der Waals surface area (Å²) in [4.78, 5) is 10.6. The number of nitrogens with zero attached hydrogens (tertiary/aromatic N) is 2. The van der Waals surface area contributed by atoms with Gasteiger partial charge in [-0.15, -0.1) is 0 Å². The van der Waals surface area contributed by atoms with Crippen LogP contribution in [-0.4, -0.2) is 24.2 Å². The molecule has 106 valence electrons. The molecule has 0 bridgehead atoms. The number of hydrogen-bond donors (Lipinski definition) is 1. The first-order valence-electron chi connectivity index (χ1n) is 6.38. The van der Waals surface area contributed by atoms with E-state index in [1.165, 1.54) is 6.07 Å². The molecule has 2 unspecified atom stereocenters. The van der Waals surface area contributed by atoms with Gasteiger partial charge in [-0.2, -0.15) is 5.26 Å². The normalized spacial score (nSPS) is 23.5. The summed E-state index contributed by atoms with van der Waals surface area (Å²) in [6.45, 7) is 4.12. The molecule has 1 aromatic carbocycles. The zero-order valence-electron chi connectivity index (χ0n) is 11.7. The molecule has 1 fully saturated rings. The lowest BCUT2D eigenvalue weighted by atomic mass is 9.64. The Morgan fingerprint density at radius 3 is 2.75 bits per heavy atom. The lowest BCUT2D eigenvalue weighted by molar-refractivity contribution is -0.384. The molecule has 0 aliphatic heterocycles. The lowest BCUT2D eigenvalue weighted by Crippen LogP contribution is -2.57. The second kappa shape index (κ2) is 5.10. The van der Waals surface area contributed by atoms with Crippen molar-refractivity contribution < 1.29 is 9.66 Å². The maximum Gasteiger partial charge on any atom is 0.309 e. The molecule has 6 nitrogen and oxygen atoms in total. The fourth-order valence-corrected chi connectivity index (χ4v) is 2.66. The molecule has 0 saturated heterocycles. The minimum Gasteiger partial charge on any atom is -0.381 e. The van der Waals surface area contributed by atoms with Crippen molar-refractivity contribution in [2.75, 3.05) is 12.4 Å². The summed E-state index contributed by atoms with van der Waals surface area (Å²) in [5.74, 6) is 0. The largest absolute Gasteiger partial charge is 0.381 e. The van der Waals surface area contributed by atoms with Crippen LogP contribution in [0.4, 0.5) is 11.4 Å². The molecule has 1 aliphatic carbocycles. The van der Waals surface area contributed by atoms with E-state index < -0.39 is 4.92 Å². The van der Waals surface area contributed by atoms with Gasteiger partial charge in [-0.05, 0) is 18.6 Å². The molecule has 1 aromatic rings. The molecule has 0 heterocycles. The first-order valence-corrected chi connectivity index (χ1v) is 6.38. The van der Waals surface area contributed by atoms with Gasteiger partial charge in [0.15, 0.2) is 0 Å². The Morgan fingerprint density at radius 2 is 2.25 bits per heavy atom. The summed E-state index contributed by atoms with van der Waals surface area (Å²) >= 11 is 0. The number of nitro benzene ring substituents is 1. The third kappa shape index (κ3) is 2.21. The van der Waals surface area contributed by atoms with E-state index in [2.05, 4.69) is 19.2 Å². The smallest absolute Gasteiger partial charge is 0.309 e. The monoisotopic (exact) mass is 275 g/mol. The highest BCUT2D eigenvalue weighted by molar-refractivity contribution is 5.69. The Bertz CT molecular complexity index is 578. The standard InChI is InChI=1S/C14H17N3O3/c1-14(2)11(7-12(14)20-3)16-10-6-4-5-9(8-15)13(10)17(18)19/h4-6,11-12,16H,7H2,1-3H3. The topological polar surface area (TPSA) is 88.2 Å². The van der Waals surface area contributed by atoms with Crippen LogP contribution in [0.3, 0.4) is 0 Å². The molecule has 0 aromatic heterocycles. The number of anilines is 1. The van der Waals surface area contributed by atoms with Gasteiger partial charge >= 0.3 is 5.69 Å². The Hall–Kier alpha value is -2.13. The van der Waals surface area contributed by atoms with Crippen molar-refractivity contribution in [3.8, 4) is 6.07 Å². The Balaban J connectivity index is 2.28. The first-order chi connectivity index (χ1) is 9.41. The minimum atomic E-state index is -0.514. The summed E-state index contributed by atoms with van der Waals surface area (Å²) in [7, 11) is 1.67. The highest BCUT2D eigenvalue weighted by Gasteiger charge is 2.49. The van der Waals surface area contributed by atoms with Gasteiger partial charge in [0.2, 0.25) is 0 Å². The minimum absolute atomic E-state index is 0.0698. The fourth-order valence-electron chi connectivity index (χ4n) is 2.66. The summed E-state index contributed by atoms with van der Waals surface area (Å²) in [5, 5.41) is 23.3. The van der Waals surface area contributed by atoms with Gasteiger partial charge in [-0.1, -0.05) is 19.9 Å². The van der Waals surface area contributed by atoms with Crippen molar-refractivity contribution in [3.05, 3.63) is 33.9 Å². The Morgan fingerprint density at radius 1 is 1.55 bits per heavy atom. The summed E-state index contributed by atoms with van der Waals surface area (Å²) in [6.07, 6.45) is 0.926. The van der Waals surface area contributed by atoms with E-state index in [9.17, 15) is 10.1 Å². The molecule has 1 aliphatic rings. The van der Waals surface area contributed by atoms with Crippen molar-refractivity contribution in [2.45, 2.75) is 32.4 Å². The van der Waals surface area contributed by atoms with Crippen molar-refractivity contribution in [2.24, 2.45) is 5.41 Å². The maximum atomic E-state index is 11.2. The average Bonchev–Trinajstić information content (AvgIpc) is 2.42. The van der Waals surface area contributed by atoms with Crippen LogP contribution < -0.4 is 5.32 Å². The summed E-state index contributed by atoms with van der Waals surface area (Å²) < 4.78 is 5.37. The van der Waals surface area contributed by atoms with Crippen LogP contribution in [0.15, 0.2) is 18.2 Å². The molecule has 0 spiro atoms. The SMILES string of the molecule is COC1CC(Nc2cccc(C#N)c2[N+](=O)[O-])C1(C)C. The van der Waals surface area contributed by atoms with Crippen LogP contribution in [0.2, 0.25) is 0 Å². The lowest BCUT2D eigenvalue weighted by Gasteiger charge is -2.51. The third-order valence-electron chi connectivity index (χ3n) is 4.13. The highest BCUT2D eigenvalue weighted by Crippen LogP contribution is 2.45. The second-order valence-corrected chi connectivity index (χ2v) is 5.55. The molecule has 6 heteroatoms. The second-order valence-electron chi connectivity index (χ2n) is 5.55. The number of methoxy groups -OCH3 is 1. The molecule has 0 amide bonds. The van der Waals surface area contributed by atoms with Gasteiger partial charge in [-0.3, -0.25) is 10.1 Å². The maximum absolute atomic E-state index is 11.2. The van der Waals surface area contributed by atoms with E-state index in [4.69, 9.17) is 10.00 Å². The van der Waals surface area contributed by atoms with Crippen LogP contribution in [0.5, 0.6) is 0 Å². The number of nitro groups is 1. The van der Waals surface area contributed by atoms with Crippen molar-refractivity contribution in [1.82, 2.24) is 0 Å². The molecule has 2 atom stereocenters. The molecule has 1 N–H and O–H groups in total. The number of nitriles is 1. The van der Waals surface area contributed by atoms with Gasteiger partial charge in [0, 0.05) is 18.6 Å².